The molecule has 0 saturated carbocycles. The molecule has 72 valence electrons. The van der Waals surface area contributed by atoms with Gasteiger partial charge in [0.05, 0.1) is 0 Å². The van der Waals surface area contributed by atoms with E-state index in [4.69, 9.17) is 0 Å². The molecule has 0 amide bonds. The van der Waals surface area contributed by atoms with Crippen molar-refractivity contribution in [2.75, 3.05) is 0 Å². The number of benzene rings is 1. The van der Waals surface area contributed by atoms with Gasteiger partial charge in [0, 0.05) is 0 Å². The van der Waals surface area contributed by atoms with Crippen LogP contribution in [0.2, 0.25) is 0 Å². The second-order valence-electron chi connectivity index (χ2n) is 3.12. The van der Waals surface area contributed by atoms with Crippen LogP contribution in [0, 0.1) is 0 Å². The summed E-state index contributed by atoms with van der Waals surface area (Å²) >= 11 is 2.89. The zero-order valence-corrected chi connectivity index (χ0v) is 9.13. The molecular weight excluding hydrogens is 231 g/mol. The number of hydrogen-bond donors (Lipinski definition) is 0. The summed E-state index contributed by atoms with van der Waals surface area (Å²) in [6.07, 6.45) is 3.69. The maximum absolute atomic E-state index is 12.3. The van der Waals surface area contributed by atoms with E-state index in [1.807, 2.05) is 18.2 Å². The standard InChI is InChI=1S/C11H14BrF/c12-11(13)9-5-4-8-10-6-2-1-3-7-10/h1-3,6-7,11H,4-5,8-9H2/t11-/m1/s1. The molecule has 0 aliphatic rings. The van der Waals surface area contributed by atoms with Crippen molar-refractivity contribution in [2.24, 2.45) is 0 Å². The average Bonchev–Trinajstić information content (AvgIpc) is 2.14. The lowest BCUT2D eigenvalue weighted by molar-refractivity contribution is 0.424. The summed E-state index contributed by atoms with van der Waals surface area (Å²) in [5, 5.41) is -0.830. The molecular formula is C11H14BrF. The first kappa shape index (κ1) is 10.7. The maximum atomic E-state index is 12.3. The lowest BCUT2D eigenvalue weighted by Gasteiger charge is -2.01. The van der Waals surface area contributed by atoms with Crippen molar-refractivity contribution in [3.05, 3.63) is 35.9 Å². The van der Waals surface area contributed by atoms with Gasteiger partial charge in [0.2, 0.25) is 0 Å². The molecule has 0 aliphatic heterocycles. The Bertz CT molecular complexity index is 221. The fourth-order valence-electron chi connectivity index (χ4n) is 1.27. The summed E-state index contributed by atoms with van der Waals surface area (Å²) in [6, 6.07) is 10.3. The molecule has 1 aromatic rings. The topological polar surface area (TPSA) is 0 Å². The van der Waals surface area contributed by atoms with Crippen molar-refractivity contribution in [3.63, 3.8) is 0 Å². The monoisotopic (exact) mass is 244 g/mol. The van der Waals surface area contributed by atoms with Crippen LogP contribution >= 0.6 is 15.9 Å². The summed E-state index contributed by atoms with van der Waals surface area (Å²) < 4.78 is 12.3. The molecule has 0 radical (unpaired) electrons. The molecule has 1 rings (SSSR count). The molecule has 0 aliphatic carbocycles. The molecule has 0 N–H and O–H groups in total. The number of aryl methyl sites for hydroxylation is 1. The van der Waals surface area contributed by atoms with Crippen molar-refractivity contribution in [2.45, 2.75) is 30.8 Å². The van der Waals surface area contributed by atoms with E-state index in [1.54, 1.807) is 0 Å². The fourth-order valence-corrected chi connectivity index (χ4v) is 1.60. The van der Waals surface area contributed by atoms with Gasteiger partial charge in [-0.25, -0.2) is 4.39 Å². The van der Waals surface area contributed by atoms with Crippen molar-refractivity contribution in [3.8, 4) is 0 Å². The molecule has 13 heavy (non-hydrogen) atoms. The first-order chi connectivity index (χ1) is 6.29. The molecule has 1 atom stereocenters. The highest BCUT2D eigenvalue weighted by Gasteiger charge is 1.99. The van der Waals surface area contributed by atoms with E-state index in [1.165, 1.54) is 5.56 Å². The Hall–Kier alpha value is -0.370. The van der Waals surface area contributed by atoms with Gasteiger partial charge in [-0.15, -0.1) is 0 Å². The minimum atomic E-state index is -0.830. The van der Waals surface area contributed by atoms with Crippen LogP contribution in [0.5, 0.6) is 0 Å². The van der Waals surface area contributed by atoms with Crippen LogP contribution in [0.25, 0.3) is 0 Å². The van der Waals surface area contributed by atoms with Crippen molar-refractivity contribution in [1.29, 1.82) is 0 Å². The Labute approximate surface area is 87.3 Å². The Morgan fingerprint density at radius 1 is 1.15 bits per heavy atom. The van der Waals surface area contributed by atoms with E-state index in [9.17, 15) is 4.39 Å². The Morgan fingerprint density at radius 3 is 2.46 bits per heavy atom. The van der Waals surface area contributed by atoms with E-state index in [0.29, 0.717) is 6.42 Å². The third kappa shape index (κ3) is 5.04. The third-order valence-electron chi connectivity index (χ3n) is 1.98. The lowest BCUT2D eigenvalue weighted by atomic mass is 10.1. The summed E-state index contributed by atoms with van der Waals surface area (Å²) in [5.74, 6) is 0. The highest BCUT2D eigenvalue weighted by molar-refractivity contribution is 9.09. The zero-order chi connectivity index (χ0) is 9.52. The highest BCUT2D eigenvalue weighted by Crippen LogP contribution is 2.12. The van der Waals surface area contributed by atoms with E-state index in [-0.39, 0.29) is 0 Å². The minimum Gasteiger partial charge on any atom is -0.235 e. The summed E-state index contributed by atoms with van der Waals surface area (Å²) in [4.78, 5) is 0. The Balaban J connectivity index is 2.13. The summed E-state index contributed by atoms with van der Waals surface area (Å²) in [6.45, 7) is 0. The molecule has 0 fully saturated rings. The van der Waals surface area contributed by atoms with E-state index in [0.717, 1.165) is 19.3 Å². The normalized spacial score (nSPS) is 12.8. The van der Waals surface area contributed by atoms with E-state index >= 15 is 0 Å². The number of halogens is 2. The molecule has 0 nitrogen and oxygen atoms in total. The average molecular weight is 245 g/mol. The van der Waals surface area contributed by atoms with Gasteiger partial charge in [0.25, 0.3) is 0 Å². The molecule has 0 aromatic heterocycles. The molecule has 2 heteroatoms. The van der Waals surface area contributed by atoms with Crippen LogP contribution in [-0.4, -0.2) is 5.08 Å². The maximum Gasteiger partial charge on any atom is 0.154 e. The SMILES string of the molecule is F[C@@H](Br)CCCCc1ccccc1. The van der Waals surface area contributed by atoms with Crippen molar-refractivity contribution >= 4 is 15.9 Å². The number of unbranched alkanes of at least 4 members (excludes halogenated alkanes) is 1. The number of hydrogen-bond acceptors (Lipinski definition) is 0. The highest BCUT2D eigenvalue weighted by atomic mass is 79.9. The predicted molar refractivity (Wildman–Crippen MR) is 57.8 cm³/mol. The number of alkyl halides is 2. The van der Waals surface area contributed by atoms with E-state index < -0.39 is 5.08 Å². The molecule has 0 spiro atoms. The third-order valence-corrected chi connectivity index (χ3v) is 2.44. The van der Waals surface area contributed by atoms with Gasteiger partial charge in [-0.2, -0.15) is 0 Å². The first-order valence-electron chi connectivity index (χ1n) is 4.61. The Kier molecular flexibility index (Phi) is 5.06. The van der Waals surface area contributed by atoms with Gasteiger partial charge < -0.3 is 0 Å². The fraction of sp³-hybridized carbons (Fsp3) is 0.455. The largest absolute Gasteiger partial charge is 0.235 e. The lowest BCUT2D eigenvalue weighted by Crippen LogP contribution is -1.90. The van der Waals surface area contributed by atoms with Crippen molar-refractivity contribution < 1.29 is 4.39 Å². The van der Waals surface area contributed by atoms with Gasteiger partial charge in [-0.3, -0.25) is 0 Å². The molecule has 0 saturated heterocycles. The van der Waals surface area contributed by atoms with Gasteiger partial charge in [-0.1, -0.05) is 46.3 Å². The summed E-state index contributed by atoms with van der Waals surface area (Å²) in [7, 11) is 0. The first-order valence-corrected chi connectivity index (χ1v) is 5.52. The van der Waals surface area contributed by atoms with Crippen LogP contribution in [0.15, 0.2) is 30.3 Å². The van der Waals surface area contributed by atoms with Gasteiger partial charge >= 0.3 is 0 Å². The van der Waals surface area contributed by atoms with Gasteiger partial charge in [0.15, 0.2) is 5.08 Å². The quantitative estimate of drug-likeness (QED) is 0.541. The van der Waals surface area contributed by atoms with E-state index in [2.05, 4.69) is 28.1 Å². The zero-order valence-electron chi connectivity index (χ0n) is 7.55. The molecule has 0 heterocycles. The van der Waals surface area contributed by atoms with Crippen LogP contribution in [0.1, 0.15) is 24.8 Å². The van der Waals surface area contributed by atoms with Crippen LogP contribution in [-0.2, 0) is 6.42 Å². The van der Waals surface area contributed by atoms with Crippen LogP contribution < -0.4 is 0 Å². The number of rotatable bonds is 5. The van der Waals surface area contributed by atoms with Crippen LogP contribution in [0.3, 0.4) is 0 Å². The predicted octanol–water partition coefficient (Wildman–Crippen LogP) is 4.09. The second kappa shape index (κ2) is 6.14. The molecule has 0 bridgehead atoms. The van der Waals surface area contributed by atoms with Crippen LogP contribution in [0.4, 0.5) is 4.39 Å². The van der Waals surface area contributed by atoms with Gasteiger partial charge in [0.1, 0.15) is 0 Å². The van der Waals surface area contributed by atoms with Crippen molar-refractivity contribution in [1.82, 2.24) is 0 Å². The smallest absolute Gasteiger partial charge is 0.154 e. The molecule has 1 aromatic carbocycles. The van der Waals surface area contributed by atoms with Gasteiger partial charge in [-0.05, 0) is 31.2 Å². The summed E-state index contributed by atoms with van der Waals surface area (Å²) in [5.41, 5.74) is 1.34. The second-order valence-corrected chi connectivity index (χ2v) is 4.12. The Morgan fingerprint density at radius 2 is 1.85 bits per heavy atom. The molecule has 0 unspecified atom stereocenters. The minimum absolute atomic E-state index is 0.618.